The Balaban J connectivity index is 0.000000220. The van der Waals surface area contributed by atoms with Gasteiger partial charge in [-0.15, -0.1) is 0 Å². The topological polar surface area (TPSA) is 18.5 Å². The molecule has 0 N–H and O–H groups in total. The van der Waals surface area contributed by atoms with Crippen LogP contribution in [-0.4, -0.2) is 32.6 Å². The molecule has 4 aromatic carbocycles. The van der Waals surface area contributed by atoms with Crippen LogP contribution in [0.4, 0.5) is 0 Å². The van der Waals surface area contributed by atoms with Crippen LogP contribution in [0, 0.1) is 121 Å². The van der Waals surface area contributed by atoms with Gasteiger partial charge in [0.2, 0.25) is 0 Å². The second-order valence-electron chi connectivity index (χ2n) is 16.0. The summed E-state index contributed by atoms with van der Waals surface area (Å²) in [6.07, 6.45) is 20.9. The SMILES string of the molecule is C1CCOC1.C1CCOC1.CC(C)(C)[C]1[CH][CH][CH][CH]1.CC(C)(C)[C]1[CH][CH][CH][CH]1.[Yb+3].c1ccc([B-](c2ccccc2)(c2ccccc2)c2ccccc2)cc1. The molecule has 0 aromatic heterocycles. The Bertz CT molecular complexity index is 1260. The number of hydrogen-bond acceptors (Lipinski definition) is 2. The van der Waals surface area contributed by atoms with Crippen molar-refractivity contribution in [1.82, 2.24) is 0 Å². The van der Waals surface area contributed by atoms with Gasteiger partial charge in [-0.05, 0) is 99.7 Å². The molecule has 2 saturated carbocycles. The zero-order valence-corrected chi connectivity index (χ0v) is 35.2. The van der Waals surface area contributed by atoms with E-state index >= 15 is 0 Å². The minimum Gasteiger partial charge on any atom is -0.381 e. The second-order valence-corrected chi connectivity index (χ2v) is 16.0. The maximum absolute atomic E-state index is 4.94. The third kappa shape index (κ3) is 15.0. The summed E-state index contributed by atoms with van der Waals surface area (Å²) < 4.78 is 9.89. The molecule has 4 heteroatoms. The van der Waals surface area contributed by atoms with Crippen molar-refractivity contribution in [3.8, 4) is 0 Å². The first-order chi connectivity index (χ1) is 25.6. The zero-order chi connectivity index (χ0) is 37.8. The van der Waals surface area contributed by atoms with E-state index < -0.39 is 6.15 Å². The molecule has 2 saturated heterocycles. The van der Waals surface area contributed by atoms with Crippen molar-refractivity contribution in [1.29, 1.82) is 0 Å². The number of benzene rings is 4. The molecular formula is C50H62BO2Yb+2. The van der Waals surface area contributed by atoms with E-state index in [1.807, 2.05) is 0 Å². The van der Waals surface area contributed by atoms with Crippen molar-refractivity contribution < 1.29 is 56.4 Å². The predicted molar refractivity (Wildman–Crippen MR) is 230 cm³/mol. The summed E-state index contributed by atoms with van der Waals surface area (Å²) >= 11 is 0. The van der Waals surface area contributed by atoms with E-state index in [1.165, 1.54) is 59.4 Å². The van der Waals surface area contributed by atoms with Crippen molar-refractivity contribution in [3.63, 3.8) is 0 Å². The van der Waals surface area contributed by atoms with Gasteiger partial charge in [-0.3, -0.25) is 0 Å². The maximum Gasteiger partial charge on any atom is 3.00 e. The van der Waals surface area contributed by atoms with Gasteiger partial charge in [0.05, 0.1) is 0 Å². The molecular weight excluding hydrogens is 816 g/mol. The Morgan fingerprint density at radius 1 is 0.370 bits per heavy atom. The summed E-state index contributed by atoms with van der Waals surface area (Å²) in [5.41, 5.74) is 6.00. The fraction of sp³-hybridized carbons (Fsp3) is 0.320. The minimum absolute atomic E-state index is 0. The monoisotopic (exact) mass is 879 g/mol. The van der Waals surface area contributed by atoms with Crippen LogP contribution >= 0.6 is 0 Å². The Kier molecular flexibility index (Phi) is 21.6. The van der Waals surface area contributed by atoms with E-state index in [1.54, 1.807) is 0 Å². The molecule has 0 atom stereocenters. The molecule has 4 aliphatic rings. The van der Waals surface area contributed by atoms with Crippen LogP contribution in [0.15, 0.2) is 121 Å². The molecule has 289 valence electrons. The van der Waals surface area contributed by atoms with Gasteiger partial charge in [0.1, 0.15) is 6.15 Å². The van der Waals surface area contributed by atoms with Crippen LogP contribution < -0.4 is 21.9 Å². The zero-order valence-electron chi connectivity index (χ0n) is 33.5. The van der Waals surface area contributed by atoms with Gasteiger partial charge >= 0.3 is 46.9 Å². The van der Waals surface area contributed by atoms with Crippen molar-refractivity contribution in [2.24, 2.45) is 10.8 Å². The average Bonchev–Trinajstić information content (AvgIpc) is 4.03. The largest absolute Gasteiger partial charge is 3.00 e. The van der Waals surface area contributed by atoms with E-state index in [0.29, 0.717) is 10.8 Å². The average molecular weight is 879 g/mol. The number of rotatable bonds is 4. The van der Waals surface area contributed by atoms with Gasteiger partial charge in [0.15, 0.2) is 0 Å². The van der Waals surface area contributed by atoms with Crippen LogP contribution in [0.5, 0.6) is 0 Å². The third-order valence-corrected chi connectivity index (χ3v) is 9.91. The van der Waals surface area contributed by atoms with Crippen molar-refractivity contribution in [2.75, 3.05) is 26.4 Å². The van der Waals surface area contributed by atoms with Crippen LogP contribution in [0.2, 0.25) is 0 Å². The van der Waals surface area contributed by atoms with Crippen molar-refractivity contribution >= 4 is 28.0 Å². The van der Waals surface area contributed by atoms with E-state index in [-0.39, 0.29) is 46.9 Å². The normalized spacial score (nSPS) is 17.3. The Morgan fingerprint density at radius 2 is 0.593 bits per heavy atom. The Morgan fingerprint density at radius 3 is 0.741 bits per heavy atom. The Hall–Kier alpha value is -1.62. The van der Waals surface area contributed by atoms with Crippen LogP contribution in [0.3, 0.4) is 0 Å². The van der Waals surface area contributed by atoms with E-state index in [0.717, 1.165) is 26.4 Å². The van der Waals surface area contributed by atoms with Crippen LogP contribution in [0.25, 0.3) is 0 Å². The second kappa shape index (κ2) is 24.9. The fourth-order valence-electron chi connectivity index (χ4n) is 6.89. The van der Waals surface area contributed by atoms with Crippen LogP contribution in [0.1, 0.15) is 67.2 Å². The molecule has 4 aromatic rings. The molecule has 2 heterocycles. The van der Waals surface area contributed by atoms with Crippen LogP contribution in [-0.2, 0) is 9.47 Å². The quantitative estimate of drug-likeness (QED) is 0.190. The summed E-state index contributed by atoms with van der Waals surface area (Å²) in [5, 5.41) is 0. The molecule has 0 bridgehead atoms. The third-order valence-electron chi connectivity index (χ3n) is 9.91. The molecule has 4 fully saturated rings. The molecule has 2 nitrogen and oxygen atoms in total. The first-order valence-corrected chi connectivity index (χ1v) is 19.6. The summed E-state index contributed by atoms with van der Waals surface area (Å²) in [4.78, 5) is 0. The van der Waals surface area contributed by atoms with E-state index in [4.69, 9.17) is 9.47 Å². The van der Waals surface area contributed by atoms with Crippen molar-refractivity contribution in [3.05, 3.63) is 185 Å². The van der Waals surface area contributed by atoms with E-state index in [9.17, 15) is 0 Å². The molecule has 2 aliphatic carbocycles. The van der Waals surface area contributed by atoms with E-state index in [2.05, 4.69) is 214 Å². The van der Waals surface area contributed by atoms with Gasteiger partial charge in [-0.25, -0.2) is 0 Å². The molecule has 0 unspecified atom stereocenters. The summed E-state index contributed by atoms with van der Waals surface area (Å²) in [5.74, 6) is 2.84. The Labute approximate surface area is 370 Å². The molecule has 2 aliphatic heterocycles. The summed E-state index contributed by atoms with van der Waals surface area (Å²) in [6.45, 7) is 17.3. The fourth-order valence-corrected chi connectivity index (χ4v) is 6.89. The molecule has 0 spiro atoms. The standard InChI is InChI=1S/C24H20B.2C9H13.2C4H8O.Yb/c1-5-13-21(14-6-1)25(22-15-7-2-8-16-22,23-17-9-3-10-18-23)24-19-11-4-12-20-24;2*1-9(2,3)8-6-4-5-7-8;2*1-2-4-5-3-1;/h1-20H;2*4-7H,1-3H3;2*1-4H2;/q-1;;;;;+3. The summed E-state index contributed by atoms with van der Waals surface area (Å²) in [7, 11) is 0. The van der Waals surface area contributed by atoms with Gasteiger partial charge in [0, 0.05) is 26.4 Å². The number of ether oxygens (including phenoxy) is 2. The molecule has 11 radical (unpaired) electrons. The number of hydrogen-bond donors (Lipinski definition) is 0. The van der Waals surface area contributed by atoms with Gasteiger partial charge in [-0.1, -0.05) is 163 Å². The smallest absolute Gasteiger partial charge is 0.381 e. The molecule has 0 amide bonds. The predicted octanol–water partition coefficient (Wildman–Crippen LogP) is 9.53. The maximum atomic E-state index is 4.94. The van der Waals surface area contributed by atoms with Gasteiger partial charge in [0.25, 0.3) is 0 Å². The summed E-state index contributed by atoms with van der Waals surface area (Å²) in [6, 6.07) is 43.5. The van der Waals surface area contributed by atoms with Crippen molar-refractivity contribution in [2.45, 2.75) is 67.2 Å². The first kappa shape index (κ1) is 46.8. The molecule has 54 heavy (non-hydrogen) atoms. The van der Waals surface area contributed by atoms with Gasteiger partial charge in [-0.2, -0.15) is 21.9 Å². The van der Waals surface area contributed by atoms with Gasteiger partial charge < -0.3 is 9.47 Å². The molecule has 8 rings (SSSR count). The first-order valence-electron chi connectivity index (χ1n) is 19.6. The minimum atomic E-state index is -1.22.